The highest BCUT2D eigenvalue weighted by Gasteiger charge is 2.28. The van der Waals surface area contributed by atoms with E-state index in [1.54, 1.807) is 84.9 Å². The smallest absolute Gasteiger partial charge is 0.137 e. The highest BCUT2D eigenvalue weighted by atomic mass is 16.3. The fourth-order valence-corrected chi connectivity index (χ4v) is 3.13. The first kappa shape index (κ1) is 19.5. The van der Waals surface area contributed by atoms with Crippen molar-refractivity contribution < 1.29 is 10.2 Å². The van der Waals surface area contributed by atoms with Crippen LogP contribution in [0.5, 0.6) is 0 Å². The van der Waals surface area contributed by atoms with Crippen molar-refractivity contribution in [2.24, 2.45) is 0 Å². The van der Waals surface area contributed by atoms with E-state index in [2.05, 4.69) is 12.1 Å². The molecule has 0 bridgehead atoms. The molecule has 3 aromatic carbocycles. The summed E-state index contributed by atoms with van der Waals surface area (Å²) >= 11 is 0. The van der Waals surface area contributed by atoms with Crippen LogP contribution in [-0.4, -0.2) is 10.2 Å². The van der Waals surface area contributed by atoms with Gasteiger partial charge < -0.3 is 10.2 Å². The van der Waals surface area contributed by atoms with E-state index in [9.17, 15) is 20.7 Å². The quantitative estimate of drug-likeness (QED) is 0.437. The zero-order valence-electron chi connectivity index (χ0n) is 15.5. The lowest BCUT2D eigenvalue weighted by Gasteiger charge is -2.19. The fraction of sp³-hybridized carbons (Fsp3) is 0.0400. The number of nitriles is 2. The standard InChI is InChI=1S/C25H18N2O2/c26-16-21(24(28)19-12-6-2-7-13-19)23(18-10-4-1-5-11-18)22(17-27)25(29)20-14-8-3-9-15-20/h1-15,23,28-29H/b24-21-,25-22-. The van der Waals surface area contributed by atoms with Crippen molar-refractivity contribution in [3.8, 4) is 12.1 Å². The van der Waals surface area contributed by atoms with Crippen molar-refractivity contribution in [3.63, 3.8) is 0 Å². The van der Waals surface area contributed by atoms with Gasteiger partial charge in [0.2, 0.25) is 0 Å². The summed E-state index contributed by atoms with van der Waals surface area (Å²) in [5.41, 5.74) is 1.51. The summed E-state index contributed by atoms with van der Waals surface area (Å²) < 4.78 is 0. The second-order valence-electron chi connectivity index (χ2n) is 6.32. The van der Waals surface area contributed by atoms with Gasteiger partial charge in [0.05, 0.1) is 29.2 Å². The molecule has 3 rings (SSSR count). The van der Waals surface area contributed by atoms with Crippen LogP contribution >= 0.6 is 0 Å². The van der Waals surface area contributed by atoms with Crippen LogP contribution in [0.15, 0.2) is 102 Å². The molecule has 0 radical (unpaired) electrons. The first-order chi connectivity index (χ1) is 14.2. The van der Waals surface area contributed by atoms with E-state index >= 15 is 0 Å². The molecule has 4 nitrogen and oxygen atoms in total. The minimum absolute atomic E-state index is 0.0126. The number of aliphatic hydroxyl groups excluding tert-OH is 2. The number of nitrogens with zero attached hydrogens (tertiary/aromatic N) is 2. The van der Waals surface area contributed by atoms with E-state index in [0.717, 1.165) is 0 Å². The van der Waals surface area contributed by atoms with E-state index < -0.39 is 5.92 Å². The highest BCUT2D eigenvalue weighted by molar-refractivity contribution is 5.75. The monoisotopic (exact) mass is 378 g/mol. The first-order valence-electron chi connectivity index (χ1n) is 8.99. The first-order valence-corrected chi connectivity index (χ1v) is 8.99. The maximum Gasteiger partial charge on any atom is 0.137 e. The lowest BCUT2D eigenvalue weighted by molar-refractivity contribution is 0.499. The van der Waals surface area contributed by atoms with Crippen molar-refractivity contribution in [3.05, 3.63) is 119 Å². The molecule has 0 aliphatic heterocycles. The average Bonchev–Trinajstić information content (AvgIpc) is 2.80. The summed E-state index contributed by atoms with van der Waals surface area (Å²) in [6, 6.07) is 30.4. The number of hydrogen-bond donors (Lipinski definition) is 2. The molecule has 3 aromatic rings. The zero-order chi connectivity index (χ0) is 20.6. The van der Waals surface area contributed by atoms with E-state index in [0.29, 0.717) is 16.7 Å². The van der Waals surface area contributed by atoms with E-state index in [1.807, 2.05) is 6.07 Å². The van der Waals surface area contributed by atoms with Gasteiger partial charge in [-0.1, -0.05) is 91.0 Å². The Morgan fingerprint density at radius 3 is 1.28 bits per heavy atom. The van der Waals surface area contributed by atoms with Crippen LogP contribution in [0.4, 0.5) is 0 Å². The third-order valence-electron chi connectivity index (χ3n) is 4.56. The summed E-state index contributed by atoms with van der Waals surface area (Å²) in [6.07, 6.45) is 0. The summed E-state index contributed by atoms with van der Waals surface area (Å²) in [4.78, 5) is 0. The van der Waals surface area contributed by atoms with Gasteiger partial charge >= 0.3 is 0 Å². The number of rotatable bonds is 5. The maximum absolute atomic E-state index is 10.9. The number of hydrogen-bond acceptors (Lipinski definition) is 4. The highest BCUT2D eigenvalue weighted by Crippen LogP contribution is 2.38. The van der Waals surface area contributed by atoms with Gasteiger partial charge in [-0.2, -0.15) is 10.5 Å². The summed E-state index contributed by atoms with van der Waals surface area (Å²) in [6.45, 7) is 0. The predicted molar refractivity (Wildman–Crippen MR) is 112 cm³/mol. The molecule has 0 aliphatic rings. The molecule has 0 saturated heterocycles. The van der Waals surface area contributed by atoms with Gasteiger partial charge in [-0.25, -0.2) is 0 Å². The molecule has 0 unspecified atom stereocenters. The van der Waals surface area contributed by atoms with Crippen LogP contribution < -0.4 is 0 Å². The third kappa shape index (κ3) is 4.18. The number of allylic oxidation sites excluding steroid dienone is 2. The van der Waals surface area contributed by atoms with Crippen LogP contribution in [0.25, 0.3) is 11.5 Å². The predicted octanol–water partition coefficient (Wildman–Crippen LogP) is 5.76. The fourth-order valence-electron chi connectivity index (χ4n) is 3.13. The van der Waals surface area contributed by atoms with Gasteiger partial charge in [0, 0.05) is 11.1 Å². The summed E-state index contributed by atoms with van der Waals surface area (Å²) in [7, 11) is 0. The Hall–Kier alpha value is -4.28. The van der Waals surface area contributed by atoms with Gasteiger partial charge in [-0.3, -0.25) is 0 Å². The Bertz CT molecular complexity index is 1050. The topological polar surface area (TPSA) is 88.0 Å². The largest absolute Gasteiger partial charge is 0.506 e. The second kappa shape index (κ2) is 9.08. The Morgan fingerprint density at radius 2 is 0.931 bits per heavy atom. The SMILES string of the molecule is N#C/C(=C(/O)c1ccccc1)C(/C(C#N)=C(\O)c1ccccc1)c1ccccc1. The minimum Gasteiger partial charge on any atom is -0.506 e. The molecule has 0 aliphatic carbocycles. The van der Waals surface area contributed by atoms with E-state index in [4.69, 9.17) is 0 Å². The molecule has 140 valence electrons. The second-order valence-corrected chi connectivity index (χ2v) is 6.32. The molecule has 0 spiro atoms. The lowest BCUT2D eigenvalue weighted by atomic mass is 9.82. The Balaban J connectivity index is 2.28. The molecule has 0 saturated carbocycles. The van der Waals surface area contributed by atoms with Gasteiger partial charge in [-0.05, 0) is 5.56 Å². The molecule has 0 amide bonds. The van der Waals surface area contributed by atoms with E-state index in [1.165, 1.54) is 0 Å². The van der Waals surface area contributed by atoms with Gasteiger partial charge in [0.25, 0.3) is 0 Å². The number of aliphatic hydroxyl groups is 2. The van der Waals surface area contributed by atoms with Crippen molar-refractivity contribution in [2.45, 2.75) is 5.92 Å². The molecule has 4 heteroatoms. The van der Waals surface area contributed by atoms with Crippen LogP contribution in [0, 0.1) is 22.7 Å². The van der Waals surface area contributed by atoms with Gasteiger partial charge in [-0.15, -0.1) is 0 Å². The Morgan fingerprint density at radius 1 is 0.586 bits per heavy atom. The normalized spacial score (nSPS) is 13.3. The minimum atomic E-state index is -0.924. The molecule has 0 heterocycles. The van der Waals surface area contributed by atoms with Crippen molar-refractivity contribution in [1.29, 1.82) is 10.5 Å². The third-order valence-corrected chi connectivity index (χ3v) is 4.56. The van der Waals surface area contributed by atoms with E-state index in [-0.39, 0.29) is 22.7 Å². The zero-order valence-corrected chi connectivity index (χ0v) is 15.5. The van der Waals surface area contributed by atoms with Gasteiger partial charge in [0.15, 0.2) is 0 Å². The number of benzene rings is 3. The van der Waals surface area contributed by atoms with Crippen LogP contribution in [0.2, 0.25) is 0 Å². The van der Waals surface area contributed by atoms with Crippen LogP contribution in [0.3, 0.4) is 0 Å². The van der Waals surface area contributed by atoms with Crippen molar-refractivity contribution in [1.82, 2.24) is 0 Å². The van der Waals surface area contributed by atoms with Crippen LogP contribution in [-0.2, 0) is 0 Å². The summed E-state index contributed by atoms with van der Waals surface area (Å²) in [5.74, 6) is -1.38. The van der Waals surface area contributed by atoms with Crippen molar-refractivity contribution >= 4 is 11.5 Å². The molecular weight excluding hydrogens is 360 g/mol. The van der Waals surface area contributed by atoms with Crippen LogP contribution in [0.1, 0.15) is 22.6 Å². The average molecular weight is 378 g/mol. The molecule has 0 aromatic heterocycles. The maximum atomic E-state index is 10.9. The molecule has 0 atom stereocenters. The molecule has 29 heavy (non-hydrogen) atoms. The molecule has 0 fully saturated rings. The Kier molecular flexibility index (Phi) is 6.10. The lowest BCUT2D eigenvalue weighted by Crippen LogP contribution is -2.09. The molecular formula is C25H18N2O2. The summed E-state index contributed by atoms with van der Waals surface area (Å²) in [5, 5.41) is 41.5. The van der Waals surface area contributed by atoms with Gasteiger partial charge in [0.1, 0.15) is 11.5 Å². The Labute approximate surface area is 169 Å². The molecule has 2 N–H and O–H groups in total. The van der Waals surface area contributed by atoms with Crippen molar-refractivity contribution in [2.75, 3.05) is 0 Å².